The van der Waals surface area contributed by atoms with E-state index in [1.54, 1.807) is 4.90 Å². The van der Waals surface area contributed by atoms with Gasteiger partial charge in [0.15, 0.2) is 0 Å². The van der Waals surface area contributed by atoms with Crippen LogP contribution in [-0.4, -0.2) is 35.0 Å². The van der Waals surface area contributed by atoms with E-state index >= 15 is 0 Å². The molecule has 72 valence electrons. The van der Waals surface area contributed by atoms with Crippen LogP contribution in [0.1, 0.15) is 6.92 Å². The van der Waals surface area contributed by atoms with Crippen molar-refractivity contribution in [3.8, 4) is 0 Å². The number of hydrogen-bond donors (Lipinski definition) is 0. The zero-order chi connectivity index (χ0) is 9.59. The van der Waals surface area contributed by atoms with E-state index in [9.17, 15) is 4.79 Å². The van der Waals surface area contributed by atoms with Crippen LogP contribution in [0, 0.1) is 5.92 Å². The largest absolute Gasteiger partial charge is 0.450 e. The Morgan fingerprint density at radius 1 is 1.85 bits per heavy atom. The van der Waals surface area contributed by atoms with Crippen LogP contribution in [-0.2, 0) is 4.74 Å². The zero-order valence-electron chi connectivity index (χ0n) is 7.50. The number of carbonyl (C=O) groups excluding carboxylic acids is 1. The van der Waals surface area contributed by atoms with Crippen LogP contribution in [0.2, 0.25) is 0 Å². The average Bonchev–Trinajstić information content (AvgIpc) is 2.03. The monoisotopic (exact) mass is 245 g/mol. The van der Waals surface area contributed by atoms with E-state index in [1.165, 1.54) is 5.57 Å². The summed E-state index contributed by atoms with van der Waals surface area (Å²) in [6.07, 6.45) is -0.194. The Morgan fingerprint density at radius 3 is 3.08 bits per heavy atom. The molecule has 2 fully saturated rings. The number of likely N-dealkylation sites (tertiary alicyclic amines) is 1. The van der Waals surface area contributed by atoms with E-state index < -0.39 is 0 Å². The van der Waals surface area contributed by atoms with E-state index in [0.29, 0.717) is 18.6 Å². The van der Waals surface area contributed by atoms with Crippen molar-refractivity contribution in [2.75, 3.05) is 13.2 Å². The Bertz CT molecular complexity index is 258. The lowest BCUT2D eigenvalue weighted by Gasteiger charge is -2.59. The van der Waals surface area contributed by atoms with Crippen molar-refractivity contribution < 1.29 is 9.53 Å². The van der Waals surface area contributed by atoms with E-state index in [1.807, 2.05) is 6.92 Å². The lowest BCUT2D eigenvalue weighted by Crippen LogP contribution is -2.70. The molecule has 1 saturated carbocycles. The van der Waals surface area contributed by atoms with Crippen LogP contribution in [0.25, 0.3) is 0 Å². The second kappa shape index (κ2) is 3.01. The third-order valence-electron chi connectivity index (χ3n) is 2.80. The molecule has 0 radical (unpaired) electrons. The first-order valence-electron chi connectivity index (χ1n) is 4.43. The van der Waals surface area contributed by atoms with Crippen LogP contribution in [0.3, 0.4) is 0 Å². The molecular weight excluding hydrogens is 234 g/mol. The fraction of sp³-hybridized carbons (Fsp3) is 0.667. The van der Waals surface area contributed by atoms with Gasteiger partial charge in [0.2, 0.25) is 0 Å². The standard InChI is InChI=1S/C9H12BrNO2/c1-3-13-9(12)11-4-6-5(2)7(10)8(6)11/h6-8H,2-4H2,1H3/t6-,7-,8-/m1/s1. The van der Waals surface area contributed by atoms with Gasteiger partial charge in [-0.2, -0.15) is 0 Å². The van der Waals surface area contributed by atoms with Gasteiger partial charge in [0.25, 0.3) is 0 Å². The number of nitrogens with zero attached hydrogens (tertiary/aromatic N) is 1. The first-order valence-corrected chi connectivity index (χ1v) is 5.34. The summed E-state index contributed by atoms with van der Waals surface area (Å²) in [6, 6.07) is 0.298. The summed E-state index contributed by atoms with van der Waals surface area (Å²) in [5, 5.41) is 0. The minimum absolute atomic E-state index is 0.194. The molecule has 2 aliphatic rings. The molecule has 0 bridgehead atoms. The summed E-state index contributed by atoms with van der Waals surface area (Å²) in [7, 11) is 0. The molecule has 0 spiro atoms. The predicted molar refractivity (Wildman–Crippen MR) is 52.9 cm³/mol. The van der Waals surface area contributed by atoms with Gasteiger partial charge in [-0.05, 0) is 6.92 Å². The topological polar surface area (TPSA) is 29.5 Å². The Kier molecular flexibility index (Phi) is 2.10. The van der Waals surface area contributed by atoms with Gasteiger partial charge in [0.1, 0.15) is 0 Å². The number of hydrogen-bond acceptors (Lipinski definition) is 2. The van der Waals surface area contributed by atoms with Gasteiger partial charge in [-0.15, -0.1) is 0 Å². The predicted octanol–water partition coefficient (Wildman–Crippen LogP) is 1.78. The van der Waals surface area contributed by atoms with E-state index in [2.05, 4.69) is 22.5 Å². The minimum atomic E-state index is -0.194. The SMILES string of the molecule is C=C1[C@@H](Br)[C@H]2[C@@H]1CN2C(=O)OCC. The summed E-state index contributed by atoms with van der Waals surface area (Å²) >= 11 is 3.49. The molecule has 3 nitrogen and oxygen atoms in total. The molecule has 2 rings (SSSR count). The lowest BCUT2D eigenvalue weighted by molar-refractivity contribution is -0.00514. The normalized spacial score (nSPS) is 36.0. The van der Waals surface area contributed by atoms with Gasteiger partial charge in [-0.1, -0.05) is 28.1 Å². The van der Waals surface area contributed by atoms with Gasteiger partial charge < -0.3 is 9.64 Å². The number of halogens is 1. The van der Waals surface area contributed by atoms with Gasteiger partial charge >= 0.3 is 6.09 Å². The number of ether oxygens (including phenoxy) is 1. The Labute approximate surface area is 85.9 Å². The van der Waals surface area contributed by atoms with Crippen molar-refractivity contribution in [1.29, 1.82) is 0 Å². The highest BCUT2D eigenvalue weighted by atomic mass is 79.9. The summed E-state index contributed by atoms with van der Waals surface area (Å²) in [5.41, 5.74) is 1.21. The molecule has 1 amide bonds. The molecule has 1 aliphatic heterocycles. The molecule has 0 aromatic rings. The molecule has 1 heterocycles. The van der Waals surface area contributed by atoms with E-state index in [4.69, 9.17) is 4.74 Å². The number of fused-ring (bicyclic) bond motifs is 1. The third-order valence-corrected chi connectivity index (χ3v) is 3.93. The number of alkyl halides is 1. The highest BCUT2D eigenvalue weighted by Crippen LogP contribution is 2.49. The van der Waals surface area contributed by atoms with Crippen molar-refractivity contribution in [1.82, 2.24) is 4.90 Å². The molecular formula is C9H12BrNO2. The molecule has 4 heteroatoms. The highest BCUT2D eigenvalue weighted by molar-refractivity contribution is 9.09. The first kappa shape index (κ1) is 9.06. The number of amides is 1. The maximum Gasteiger partial charge on any atom is 0.410 e. The summed E-state index contributed by atoms with van der Waals surface area (Å²) < 4.78 is 4.92. The minimum Gasteiger partial charge on any atom is -0.450 e. The molecule has 1 saturated heterocycles. The van der Waals surface area contributed by atoms with E-state index in [0.717, 1.165) is 6.54 Å². The molecule has 3 atom stereocenters. The number of rotatable bonds is 1. The van der Waals surface area contributed by atoms with Gasteiger partial charge in [0, 0.05) is 12.5 Å². The molecule has 0 unspecified atom stereocenters. The molecule has 0 N–H and O–H groups in total. The molecule has 0 aromatic carbocycles. The van der Waals surface area contributed by atoms with Crippen LogP contribution in [0.15, 0.2) is 12.2 Å². The highest BCUT2D eigenvalue weighted by Gasteiger charge is 2.57. The van der Waals surface area contributed by atoms with Crippen molar-refractivity contribution in [2.24, 2.45) is 5.92 Å². The lowest BCUT2D eigenvalue weighted by atomic mass is 9.68. The average molecular weight is 246 g/mol. The summed E-state index contributed by atoms with van der Waals surface area (Å²) in [5.74, 6) is 0.508. The van der Waals surface area contributed by atoms with Crippen molar-refractivity contribution >= 4 is 22.0 Å². The summed E-state index contributed by atoms with van der Waals surface area (Å²) in [4.78, 5) is 13.4. The van der Waals surface area contributed by atoms with Crippen LogP contribution in [0.4, 0.5) is 4.79 Å². The van der Waals surface area contributed by atoms with Gasteiger partial charge in [0.05, 0.1) is 17.5 Å². The quantitative estimate of drug-likeness (QED) is 0.521. The Hall–Kier alpha value is -0.510. The Balaban J connectivity index is 1.93. The van der Waals surface area contributed by atoms with Crippen LogP contribution in [0.5, 0.6) is 0 Å². The molecule has 1 aliphatic carbocycles. The maximum atomic E-state index is 11.3. The van der Waals surface area contributed by atoms with Crippen molar-refractivity contribution in [2.45, 2.75) is 17.8 Å². The summed E-state index contributed by atoms with van der Waals surface area (Å²) in [6.45, 7) is 6.99. The Morgan fingerprint density at radius 2 is 2.54 bits per heavy atom. The zero-order valence-corrected chi connectivity index (χ0v) is 9.08. The second-order valence-corrected chi connectivity index (χ2v) is 4.41. The van der Waals surface area contributed by atoms with Crippen molar-refractivity contribution in [3.63, 3.8) is 0 Å². The van der Waals surface area contributed by atoms with Crippen molar-refractivity contribution in [3.05, 3.63) is 12.2 Å². The second-order valence-electron chi connectivity index (χ2n) is 3.43. The van der Waals surface area contributed by atoms with Crippen LogP contribution >= 0.6 is 15.9 Å². The maximum absolute atomic E-state index is 11.3. The fourth-order valence-electron chi connectivity index (χ4n) is 1.93. The van der Waals surface area contributed by atoms with Crippen LogP contribution < -0.4 is 0 Å². The van der Waals surface area contributed by atoms with E-state index in [-0.39, 0.29) is 10.9 Å². The first-order chi connectivity index (χ1) is 6.16. The third kappa shape index (κ3) is 1.11. The number of carbonyl (C=O) groups is 1. The fourth-order valence-corrected chi connectivity index (χ4v) is 2.92. The van der Waals surface area contributed by atoms with Gasteiger partial charge in [-0.25, -0.2) is 4.79 Å². The number of piperidine rings is 1. The molecule has 13 heavy (non-hydrogen) atoms. The smallest absolute Gasteiger partial charge is 0.410 e. The molecule has 0 aromatic heterocycles. The van der Waals surface area contributed by atoms with Gasteiger partial charge in [-0.3, -0.25) is 0 Å².